The van der Waals surface area contributed by atoms with Crippen LogP contribution in [0, 0.1) is 5.82 Å². The van der Waals surface area contributed by atoms with E-state index in [2.05, 4.69) is 0 Å². The lowest BCUT2D eigenvalue weighted by atomic mass is 10.3. The van der Waals surface area contributed by atoms with Gasteiger partial charge in [-0.25, -0.2) is 4.39 Å². The first-order valence-electron chi connectivity index (χ1n) is 2.51. The first-order chi connectivity index (χ1) is 4.61. The molecule has 0 fully saturated rings. The number of rotatable bonds is 0. The smallest absolute Gasteiger partial charge is 0.147 e. The molecular weight excluding hydrogens is 211 g/mol. The van der Waals surface area contributed by atoms with Gasteiger partial charge in [0, 0.05) is 0 Å². The fourth-order valence-corrected chi connectivity index (χ4v) is 0.860. The van der Waals surface area contributed by atoms with Crippen LogP contribution in [0.25, 0.3) is 0 Å². The van der Waals surface area contributed by atoms with Crippen LogP contribution in [0.5, 0.6) is 0 Å². The second-order valence-corrected chi connectivity index (χ2v) is 2.60. The number of hydrogen-bond donors (Lipinski definition) is 1. The lowest BCUT2D eigenvalue weighted by Crippen LogP contribution is -1.89. The number of hydrogen-bond acceptors (Lipinski definition) is 1. The molecule has 11 heavy (non-hydrogen) atoms. The Bertz CT molecular complexity index is 214. The summed E-state index contributed by atoms with van der Waals surface area (Å²) >= 11 is 11.0. The van der Waals surface area contributed by atoms with Crippen LogP contribution in [0.2, 0.25) is 10.0 Å². The van der Waals surface area contributed by atoms with Crippen molar-refractivity contribution >= 4 is 41.3 Å². The third kappa shape index (κ3) is 2.40. The predicted octanol–water partition coefficient (Wildman–Crippen LogP) is 3.14. The molecule has 0 unspecified atom stereocenters. The van der Waals surface area contributed by atoms with Crippen molar-refractivity contribution in [3.63, 3.8) is 0 Å². The van der Waals surface area contributed by atoms with Crippen LogP contribution in [-0.2, 0) is 0 Å². The van der Waals surface area contributed by atoms with Gasteiger partial charge in [0.05, 0.1) is 15.7 Å². The van der Waals surface area contributed by atoms with E-state index in [4.69, 9.17) is 28.9 Å². The molecule has 0 aliphatic heterocycles. The Kier molecular flexibility index (Phi) is 3.93. The third-order valence-corrected chi connectivity index (χ3v) is 1.76. The summed E-state index contributed by atoms with van der Waals surface area (Å²) in [7, 11) is 0. The standard InChI is InChI=1S/C6H4Cl2FN.ClH/c7-3-1-5(9)6(10)2-4(3)8;/h1-2H,10H2;1H. The van der Waals surface area contributed by atoms with Crippen molar-refractivity contribution in [3.8, 4) is 0 Å². The average Bonchev–Trinajstić information content (AvgIpc) is 1.84. The molecule has 0 spiro atoms. The minimum atomic E-state index is -0.547. The molecule has 1 rings (SSSR count). The Hall–Kier alpha value is -0.180. The van der Waals surface area contributed by atoms with E-state index in [9.17, 15) is 4.39 Å². The van der Waals surface area contributed by atoms with E-state index in [1.165, 1.54) is 6.07 Å². The molecule has 0 heterocycles. The zero-order valence-corrected chi connectivity index (χ0v) is 7.60. The zero-order valence-electron chi connectivity index (χ0n) is 5.27. The highest BCUT2D eigenvalue weighted by atomic mass is 35.5. The molecule has 0 aromatic heterocycles. The highest BCUT2D eigenvalue weighted by Gasteiger charge is 2.02. The molecule has 0 bridgehead atoms. The van der Waals surface area contributed by atoms with Gasteiger partial charge in [0.15, 0.2) is 0 Å². The average molecular weight is 216 g/mol. The largest absolute Gasteiger partial charge is 0.396 e. The Morgan fingerprint density at radius 3 is 2.09 bits per heavy atom. The van der Waals surface area contributed by atoms with Crippen LogP contribution in [0.15, 0.2) is 12.1 Å². The molecule has 1 nitrogen and oxygen atoms in total. The zero-order chi connectivity index (χ0) is 7.72. The Balaban J connectivity index is 0.000001000. The van der Waals surface area contributed by atoms with E-state index in [-0.39, 0.29) is 28.1 Å². The monoisotopic (exact) mass is 215 g/mol. The van der Waals surface area contributed by atoms with Crippen molar-refractivity contribution in [2.45, 2.75) is 0 Å². The van der Waals surface area contributed by atoms with Gasteiger partial charge in [0.2, 0.25) is 0 Å². The van der Waals surface area contributed by atoms with Crippen LogP contribution in [-0.4, -0.2) is 0 Å². The molecule has 0 aliphatic carbocycles. The molecule has 0 saturated heterocycles. The van der Waals surface area contributed by atoms with Gasteiger partial charge >= 0.3 is 0 Å². The summed E-state index contributed by atoms with van der Waals surface area (Å²) in [6, 6.07) is 2.36. The molecular formula is C6H5Cl3FN. The Labute approximate surface area is 79.7 Å². The molecule has 0 saturated carbocycles. The maximum Gasteiger partial charge on any atom is 0.147 e. The molecule has 1 aromatic carbocycles. The van der Waals surface area contributed by atoms with Gasteiger partial charge in [0.1, 0.15) is 5.82 Å². The topological polar surface area (TPSA) is 26.0 Å². The van der Waals surface area contributed by atoms with E-state index < -0.39 is 5.82 Å². The van der Waals surface area contributed by atoms with E-state index in [1.54, 1.807) is 0 Å². The molecule has 0 aliphatic rings. The van der Waals surface area contributed by atoms with Crippen molar-refractivity contribution < 1.29 is 4.39 Å². The van der Waals surface area contributed by atoms with E-state index in [1.807, 2.05) is 0 Å². The highest BCUT2D eigenvalue weighted by Crippen LogP contribution is 2.25. The Morgan fingerprint density at radius 2 is 1.64 bits per heavy atom. The molecule has 5 heteroatoms. The molecule has 2 N–H and O–H groups in total. The molecule has 0 atom stereocenters. The van der Waals surface area contributed by atoms with Crippen molar-refractivity contribution in [2.24, 2.45) is 0 Å². The lowest BCUT2D eigenvalue weighted by molar-refractivity contribution is 0.632. The highest BCUT2D eigenvalue weighted by molar-refractivity contribution is 6.42. The van der Waals surface area contributed by atoms with Crippen LogP contribution in [0.1, 0.15) is 0 Å². The summed E-state index contributed by atoms with van der Waals surface area (Å²) in [6.45, 7) is 0. The van der Waals surface area contributed by atoms with Crippen LogP contribution < -0.4 is 5.73 Å². The molecule has 0 amide bonds. The second kappa shape index (κ2) is 4.00. The molecule has 1 aromatic rings. The summed E-state index contributed by atoms with van der Waals surface area (Å²) in [4.78, 5) is 0. The maximum absolute atomic E-state index is 12.5. The van der Waals surface area contributed by atoms with Crippen LogP contribution >= 0.6 is 35.6 Å². The quantitative estimate of drug-likeness (QED) is 0.523. The number of anilines is 1. The maximum atomic E-state index is 12.5. The van der Waals surface area contributed by atoms with Crippen LogP contribution in [0.4, 0.5) is 10.1 Å². The fraction of sp³-hybridized carbons (Fsp3) is 0. The number of halogens is 4. The van der Waals surface area contributed by atoms with E-state index in [0.29, 0.717) is 0 Å². The lowest BCUT2D eigenvalue weighted by Gasteiger charge is -1.97. The molecule has 62 valence electrons. The first kappa shape index (κ1) is 10.8. The van der Waals surface area contributed by atoms with Crippen LogP contribution in [0.3, 0.4) is 0 Å². The van der Waals surface area contributed by atoms with E-state index >= 15 is 0 Å². The number of nitrogens with two attached hydrogens (primary N) is 1. The Morgan fingerprint density at radius 1 is 1.18 bits per heavy atom. The summed E-state index contributed by atoms with van der Waals surface area (Å²) < 4.78 is 12.5. The minimum Gasteiger partial charge on any atom is -0.396 e. The van der Waals surface area contributed by atoms with Crippen molar-refractivity contribution in [1.82, 2.24) is 0 Å². The predicted molar refractivity (Wildman–Crippen MR) is 48.1 cm³/mol. The second-order valence-electron chi connectivity index (χ2n) is 1.79. The summed E-state index contributed by atoms with van der Waals surface area (Å²) in [6.07, 6.45) is 0. The van der Waals surface area contributed by atoms with Crippen molar-refractivity contribution in [1.29, 1.82) is 0 Å². The SMILES string of the molecule is Cl.Nc1cc(Cl)c(Cl)cc1F. The van der Waals surface area contributed by atoms with Gasteiger partial charge in [-0.1, -0.05) is 23.2 Å². The van der Waals surface area contributed by atoms with Gasteiger partial charge in [-0.2, -0.15) is 0 Å². The first-order valence-corrected chi connectivity index (χ1v) is 3.27. The normalized spacial score (nSPS) is 9.00. The summed E-state index contributed by atoms with van der Waals surface area (Å²) in [5.74, 6) is -0.547. The summed E-state index contributed by atoms with van der Waals surface area (Å²) in [5, 5.41) is 0.439. The van der Waals surface area contributed by atoms with E-state index in [0.717, 1.165) is 6.07 Å². The van der Waals surface area contributed by atoms with Gasteiger partial charge in [-0.05, 0) is 12.1 Å². The van der Waals surface area contributed by atoms with Gasteiger partial charge in [-0.3, -0.25) is 0 Å². The van der Waals surface area contributed by atoms with Gasteiger partial charge in [0.25, 0.3) is 0 Å². The minimum absolute atomic E-state index is 0. The molecule has 0 radical (unpaired) electrons. The third-order valence-electron chi connectivity index (χ3n) is 1.04. The fourth-order valence-electron chi connectivity index (χ4n) is 0.538. The van der Waals surface area contributed by atoms with Crippen molar-refractivity contribution in [2.75, 3.05) is 5.73 Å². The number of benzene rings is 1. The number of nitrogen functional groups attached to an aromatic ring is 1. The summed E-state index contributed by atoms with van der Waals surface area (Å²) in [5.41, 5.74) is 5.18. The van der Waals surface area contributed by atoms with Crippen molar-refractivity contribution in [3.05, 3.63) is 28.0 Å². The van der Waals surface area contributed by atoms with Gasteiger partial charge < -0.3 is 5.73 Å². The van der Waals surface area contributed by atoms with Gasteiger partial charge in [-0.15, -0.1) is 12.4 Å².